The predicted octanol–water partition coefficient (Wildman–Crippen LogP) is 3.19. The van der Waals surface area contributed by atoms with Gasteiger partial charge in [-0.1, -0.05) is 45.4 Å². The highest BCUT2D eigenvalue weighted by Gasteiger charge is 2.27. The summed E-state index contributed by atoms with van der Waals surface area (Å²) in [4.78, 5) is 23.4. The van der Waals surface area contributed by atoms with E-state index >= 15 is 0 Å². The predicted molar refractivity (Wildman–Crippen MR) is 79.3 cm³/mol. The first-order valence-electron chi connectivity index (χ1n) is 8.12. The maximum absolute atomic E-state index is 11.7. The third-order valence-corrected chi connectivity index (χ3v) is 3.93. The average molecular weight is 283 g/mol. The quantitative estimate of drug-likeness (QED) is 0.495. The Bertz CT molecular complexity index is 300. The maximum Gasteiger partial charge on any atom is 0.328 e. The molecule has 1 fully saturated rings. The third kappa shape index (κ3) is 6.40. The van der Waals surface area contributed by atoms with Crippen molar-refractivity contribution in [3.05, 3.63) is 0 Å². The molecule has 1 unspecified atom stereocenters. The number of amides is 1. The Morgan fingerprint density at radius 3 is 2.40 bits per heavy atom. The number of rotatable bonds is 10. The zero-order chi connectivity index (χ0) is 14.8. The number of esters is 1. The van der Waals surface area contributed by atoms with Crippen LogP contribution in [0.5, 0.6) is 0 Å². The highest BCUT2D eigenvalue weighted by atomic mass is 16.5. The van der Waals surface area contributed by atoms with Gasteiger partial charge in [0.15, 0.2) is 0 Å². The van der Waals surface area contributed by atoms with Crippen molar-refractivity contribution in [2.24, 2.45) is 5.92 Å². The molecule has 0 aromatic rings. The van der Waals surface area contributed by atoms with Crippen LogP contribution < -0.4 is 5.32 Å². The SMILES string of the molecule is CCCCCCCCOC(=O)C(C)NC(=O)C1CCC1. The molecule has 0 aromatic carbocycles. The Morgan fingerprint density at radius 2 is 1.80 bits per heavy atom. The summed E-state index contributed by atoms with van der Waals surface area (Å²) in [6.45, 7) is 4.36. The van der Waals surface area contributed by atoms with E-state index in [1.54, 1.807) is 6.92 Å². The molecule has 1 N–H and O–H groups in total. The fourth-order valence-corrected chi connectivity index (χ4v) is 2.24. The van der Waals surface area contributed by atoms with Crippen LogP contribution in [0.15, 0.2) is 0 Å². The van der Waals surface area contributed by atoms with Gasteiger partial charge in [0, 0.05) is 5.92 Å². The molecule has 0 heterocycles. The number of carbonyl (C=O) groups excluding carboxylic acids is 2. The lowest BCUT2D eigenvalue weighted by Gasteiger charge is -2.25. The molecule has 1 saturated carbocycles. The lowest BCUT2D eigenvalue weighted by atomic mass is 9.84. The van der Waals surface area contributed by atoms with Crippen LogP contribution >= 0.6 is 0 Å². The van der Waals surface area contributed by atoms with Crippen LogP contribution in [0.4, 0.5) is 0 Å². The van der Waals surface area contributed by atoms with E-state index in [0.29, 0.717) is 6.61 Å². The molecule has 0 bridgehead atoms. The Labute approximate surface area is 122 Å². The summed E-state index contributed by atoms with van der Waals surface area (Å²) in [6.07, 6.45) is 10.0. The van der Waals surface area contributed by atoms with Crippen molar-refractivity contribution in [2.75, 3.05) is 6.61 Å². The number of carbonyl (C=O) groups is 2. The number of hydrogen-bond donors (Lipinski definition) is 1. The molecular formula is C16H29NO3. The van der Waals surface area contributed by atoms with E-state index in [4.69, 9.17) is 4.74 Å². The second-order valence-corrected chi connectivity index (χ2v) is 5.79. The minimum absolute atomic E-state index is 0.000246. The van der Waals surface area contributed by atoms with Gasteiger partial charge in [-0.3, -0.25) is 4.79 Å². The number of ether oxygens (including phenoxy) is 1. The molecule has 4 nitrogen and oxygen atoms in total. The van der Waals surface area contributed by atoms with E-state index in [0.717, 1.165) is 32.1 Å². The molecule has 0 radical (unpaired) electrons. The Morgan fingerprint density at radius 1 is 1.15 bits per heavy atom. The van der Waals surface area contributed by atoms with Gasteiger partial charge in [-0.25, -0.2) is 4.79 Å². The maximum atomic E-state index is 11.7. The fourth-order valence-electron chi connectivity index (χ4n) is 2.24. The first-order valence-corrected chi connectivity index (χ1v) is 8.12. The van der Waals surface area contributed by atoms with Gasteiger partial charge in [0.25, 0.3) is 0 Å². The van der Waals surface area contributed by atoms with Crippen LogP contribution in [0.1, 0.15) is 71.6 Å². The van der Waals surface area contributed by atoms with Crippen molar-refractivity contribution in [1.82, 2.24) is 5.32 Å². The van der Waals surface area contributed by atoms with Gasteiger partial charge in [0.05, 0.1) is 6.61 Å². The van der Waals surface area contributed by atoms with Crippen LogP contribution in [-0.2, 0) is 14.3 Å². The van der Waals surface area contributed by atoms with E-state index in [9.17, 15) is 9.59 Å². The van der Waals surface area contributed by atoms with Crippen LogP contribution in [0.3, 0.4) is 0 Å². The lowest BCUT2D eigenvalue weighted by Crippen LogP contribution is -2.44. The van der Waals surface area contributed by atoms with E-state index < -0.39 is 6.04 Å². The summed E-state index contributed by atoms with van der Waals surface area (Å²) in [5, 5.41) is 2.74. The van der Waals surface area contributed by atoms with Gasteiger partial charge in [0.1, 0.15) is 6.04 Å². The second kappa shape index (κ2) is 9.78. The van der Waals surface area contributed by atoms with Crippen LogP contribution in [0.25, 0.3) is 0 Å². The molecule has 0 aliphatic heterocycles. The molecule has 1 amide bonds. The van der Waals surface area contributed by atoms with E-state index in [2.05, 4.69) is 12.2 Å². The van der Waals surface area contributed by atoms with Crippen molar-refractivity contribution >= 4 is 11.9 Å². The lowest BCUT2D eigenvalue weighted by molar-refractivity contribution is -0.148. The van der Waals surface area contributed by atoms with Gasteiger partial charge < -0.3 is 10.1 Å². The molecule has 0 aromatic heterocycles. The molecule has 1 rings (SSSR count). The second-order valence-electron chi connectivity index (χ2n) is 5.79. The molecule has 0 spiro atoms. The van der Waals surface area contributed by atoms with Crippen molar-refractivity contribution in [3.63, 3.8) is 0 Å². The Kier molecular flexibility index (Phi) is 8.31. The monoisotopic (exact) mass is 283 g/mol. The van der Waals surface area contributed by atoms with Crippen molar-refractivity contribution < 1.29 is 14.3 Å². The highest BCUT2D eigenvalue weighted by molar-refractivity contribution is 5.85. The van der Waals surface area contributed by atoms with E-state index in [1.807, 2.05) is 0 Å². The van der Waals surface area contributed by atoms with Gasteiger partial charge >= 0.3 is 5.97 Å². The molecule has 1 aliphatic carbocycles. The standard InChI is InChI=1S/C16H29NO3/c1-3-4-5-6-7-8-12-20-16(19)13(2)17-15(18)14-10-9-11-14/h13-14H,3-12H2,1-2H3,(H,17,18). The molecular weight excluding hydrogens is 254 g/mol. The highest BCUT2D eigenvalue weighted by Crippen LogP contribution is 2.26. The topological polar surface area (TPSA) is 55.4 Å². The van der Waals surface area contributed by atoms with Crippen LogP contribution in [0, 0.1) is 5.92 Å². The molecule has 4 heteroatoms. The number of unbranched alkanes of at least 4 members (excludes halogenated alkanes) is 5. The molecule has 1 aliphatic rings. The van der Waals surface area contributed by atoms with Gasteiger partial charge in [-0.15, -0.1) is 0 Å². The summed E-state index contributed by atoms with van der Waals surface area (Å²) in [6, 6.07) is -0.525. The van der Waals surface area contributed by atoms with E-state index in [-0.39, 0.29) is 17.8 Å². The van der Waals surface area contributed by atoms with Crippen molar-refractivity contribution in [2.45, 2.75) is 77.7 Å². The summed E-state index contributed by atoms with van der Waals surface area (Å²) in [5.74, 6) is -0.199. The largest absolute Gasteiger partial charge is 0.464 e. The van der Waals surface area contributed by atoms with Crippen LogP contribution in [0.2, 0.25) is 0 Å². The zero-order valence-corrected chi connectivity index (χ0v) is 13.0. The Hall–Kier alpha value is -1.06. The third-order valence-electron chi connectivity index (χ3n) is 3.93. The van der Waals surface area contributed by atoms with Gasteiger partial charge in [0.2, 0.25) is 5.91 Å². The summed E-state index contributed by atoms with van der Waals surface area (Å²) in [7, 11) is 0. The zero-order valence-electron chi connectivity index (χ0n) is 13.0. The minimum Gasteiger partial charge on any atom is -0.464 e. The normalized spacial score (nSPS) is 16.3. The average Bonchev–Trinajstić information content (AvgIpc) is 2.35. The molecule has 116 valence electrons. The summed E-state index contributed by atoms with van der Waals surface area (Å²) in [5.41, 5.74) is 0. The summed E-state index contributed by atoms with van der Waals surface area (Å²) >= 11 is 0. The van der Waals surface area contributed by atoms with Gasteiger partial charge in [-0.2, -0.15) is 0 Å². The fraction of sp³-hybridized carbons (Fsp3) is 0.875. The smallest absolute Gasteiger partial charge is 0.328 e. The number of nitrogens with one attached hydrogen (secondary N) is 1. The molecule has 20 heavy (non-hydrogen) atoms. The van der Waals surface area contributed by atoms with Crippen LogP contribution in [-0.4, -0.2) is 24.5 Å². The first kappa shape index (κ1) is 17.0. The minimum atomic E-state index is -0.525. The first-order chi connectivity index (χ1) is 9.65. The molecule has 1 atom stereocenters. The molecule has 0 saturated heterocycles. The Balaban J connectivity index is 2.01. The number of hydrogen-bond acceptors (Lipinski definition) is 3. The van der Waals surface area contributed by atoms with Crippen molar-refractivity contribution in [3.8, 4) is 0 Å². The summed E-state index contributed by atoms with van der Waals surface area (Å²) < 4.78 is 5.19. The van der Waals surface area contributed by atoms with Gasteiger partial charge in [-0.05, 0) is 26.2 Å². The van der Waals surface area contributed by atoms with E-state index in [1.165, 1.54) is 25.7 Å². The van der Waals surface area contributed by atoms with Crippen molar-refractivity contribution in [1.29, 1.82) is 0 Å².